The third kappa shape index (κ3) is 3.03. The first-order chi connectivity index (χ1) is 7.41. The molecular formula is C11H16ClN3O. The van der Waals surface area contributed by atoms with Gasteiger partial charge in [0.05, 0.1) is 17.3 Å². The number of halogens is 1. The number of carbonyl (C=O) groups is 1. The van der Waals surface area contributed by atoms with Crippen LogP contribution in [-0.2, 0) is 4.79 Å². The molecule has 1 aromatic rings. The number of benzene rings is 1. The Bertz CT molecular complexity index is 393. The molecule has 0 saturated carbocycles. The maximum Gasteiger partial charge on any atom is 0.241 e. The van der Waals surface area contributed by atoms with Crippen molar-refractivity contribution in [3.8, 4) is 0 Å². The Morgan fingerprint density at radius 2 is 2.00 bits per heavy atom. The molecule has 0 aliphatic rings. The molecule has 1 amide bonds. The highest BCUT2D eigenvalue weighted by atomic mass is 35.5. The molecule has 16 heavy (non-hydrogen) atoms. The number of likely N-dealkylation sites (N-methyl/N-ethyl adjacent to an activating group) is 2. The second-order valence-electron chi connectivity index (χ2n) is 3.86. The Hall–Kier alpha value is -1.42. The van der Waals surface area contributed by atoms with Crippen LogP contribution in [0.15, 0.2) is 18.2 Å². The summed E-state index contributed by atoms with van der Waals surface area (Å²) in [6, 6.07) is 5.24. The second-order valence-corrected chi connectivity index (χ2v) is 4.26. The molecule has 0 aromatic heterocycles. The highest BCUT2D eigenvalue weighted by Crippen LogP contribution is 2.26. The number of rotatable bonds is 3. The number of nitrogens with two attached hydrogens (primary N) is 1. The molecule has 0 atom stereocenters. The van der Waals surface area contributed by atoms with Crippen LogP contribution in [0.1, 0.15) is 0 Å². The second kappa shape index (κ2) is 5.07. The molecule has 0 aliphatic heterocycles. The van der Waals surface area contributed by atoms with Crippen molar-refractivity contribution in [3.05, 3.63) is 23.2 Å². The van der Waals surface area contributed by atoms with Crippen LogP contribution in [0.25, 0.3) is 0 Å². The van der Waals surface area contributed by atoms with Gasteiger partial charge in [0.2, 0.25) is 5.91 Å². The van der Waals surface area contributed by atoms with Crippen molar-refractivity contribution in [1.29, 1.82) is 0 Å². The van der Waals surface area contributed by atoms with Gasteiger partial charge in [0.25, 0.3) is 0 Å². The summed E-state index contributed by atoms with van der Waals surface area (Å²) in [5.74, 6) is 0.0235. The summed E-state index contributed by atoms with van der Waals surface area (Å²) in [6.45, 7) is 0.288. The molecule has 1 aromatic carbocycles. The number of nitrogens with zero attached hydrogens (tertiary/aromatic N) is 2. The van der Waals surface area contributed by atoms with Crippen LogP contribution >= 0.6 is 11.6 Å². The topological polar surface area (TPSA) is 49.6 Å². The zero-order valence-corrected chi connectivity index (χ0v) is 10.5. The van der Waals surface area contributed by atoms with Crippen LogP contribution in [-0.4, -0.2) is 38.5 Å². The van der Waals surface area contributed by atoms with E-state index >= 15 is 0 Å². The minimum Gasteiger partial charge on any atom is -0.399 e. The van der Waals surface area contributed by atoms with Crippen LogP contribution in [0.4, 0.5) is 11.4 Å². The van der Waals surface area contributed by atoms with Crippen molar-refractivity contribution >= 4 is 28.9 Å². The lowest BCUT2D eigenvalue weighted by molar-refractivity contribution is -0.127. The smallest absolute Gasteiger partial charge is 0.241 e. The van der Waals surface area contributed by atoms with Crippen molar-refractivity contribution in [2.75, 3.05) is 38.3 Å². The van der Waals surface area contributed by atoms with E-state index in [0.29, 0.717) is 10.7 Å². The predicted octanol–water partition coefficient (Wildman–Crippen LogP) is 1.45. The molecule has 4 nitrogen and oxygen atoms in total. The highest BCUT2D eigenvalue weighted by molar-refractivity contribution is 6.33. The van der Waals surface area contributed by atoms with Gasteiger partial charge >= 0.3 is 0 Å². The van der Waals surface area contributed by atoms with E-state index in [1.807, 2.05) is 7.05 Å². The van der Waals surface area contributed by atoms with Gasteiger partial charge in [-0.1, -0.05) is 11.6 Å². The maximum atomic E-state index is 11.5. The average molecular weight is 242 g/mol. The van der Waals surface area contributed by atoms with Gasteiger partial charge in [-0.2, -0.15) is 0 Å². The van der Waals surface area contributed by atoms with E-state index < -0.39 is 0 Å². The Balaban J connectivity index is 2.80. The minimum absolute atomic E-state index is 0.0235. The normalized spacial score (nSPS) is 10.0. The molecule has 1 rings (SSSR count). The van der Waals surface area contributed by atoms with Crippen molar-refractivity contribution in [2.45, 2.75) is 0 Å². The molecule has 0 saturated heterocycles. The van der Waals surface area contributed by atoms with Gasteiger partial charge in [0.15, 0.2) is 0 Å². The van der Waals surface area contributed by atoms with Crippen LogP contribution < -0.4 is 10.6 Å². The van der Waals surface area contributed by atoms with Gasteiger partial charge in [0.1, 0.15) is 0 Å². The van der Waals surface area contributed by atoms with Crippen LogP contribution in [0.5, 0.6) is 0 Å². The van der Waals surface area contributed by atoms with E-state index in [1.165, 1.54) is 0 Å². The fraction of sp³-hybridized carbons (Fsp3) is 0.364. The van der Waals surface area contributed by atoms with Crippen molar-refractivity contribution in [2.24, 2.45) is 0 Å². The van der Waals surface area contributed by atoms with E-state index in [1.54, 1.807) is 42.1 Å². The summed E-state index contributed by atoms with van der Waals surface area (Å²) in [6.07, 6.45) is 0. The SMILES string of the molecule is CN(C)C(=O)CN(C)c1ccc(N)cc1Cl. The number of nitrogen functional groups attached to an aromatic ring is 1. The summed E-state index contributed by atoms with van der Waals surface area (Å²) < 4.78 is 0. The Kier molecular flexibility index (Phi) is 4.01. The summed E-state index contributed by atoms with van der Waals surface area (Å²) >= 11 is 6.04. The number of anilines is 2. The minimum atomic E-state index is 0.0235. The maximum absolute atomic E-state index is 11.5. The predicted molar refractivity (Wildman–Crippen MR) is 67.8 cm³/mol. The van der Waals surface area contributed by atoms with Crippen LogP contribution in [0, 0.1) is 0 Å². The number of hydrogen-bond donors (Lipinski definition) is 1. The van der Waals surface area contributed by atoms with E-state index in [9.17, 15) is 4.79 Å². The summed E-state index contributed by atoms with van der Waals surface area (Å²) in [5, 5.41) is 0.550. The third-order valence-electron chi connectivity index (χ3n) is 2.25. The summed E-state index contributed by atoms with van der Waals surface area (Å²) in [4.78, 5) is 14.9. The average Bonchev–Trinajstić information content (AvgIpc) is 2.16. The molecule has 0 heterocycles. The third-order valence-corrected chi connectivity index (χ3v) is 2.56. The van der Waals surface area contributed by atoms with Gasteiger partial charge in [-0.15, -0.1) is 0 Å². The molecular weight excluding hydrogens is 226 g/mol. The zero-order valence-electron chi connectivity index (χ0n) is 9.70. The first-order valence-corrected chi connectivity index (χ1v) is 5.26. The monoisotopic (exact) mass is 241 g/mol. The van der Waals surface area contributed by atoms with E-state index in [-0.39, 0.29) is 12.5 Å². The van der Waals surface area contributed by atoms with Gasteiger partial charge in [-0.25, -0.2) is 0 Å². The lowest BCUT2D eigenvalue weighted by Crippen LogP contribution is -2.34. The van der Waals surface area contributed by atoms with Crippen LogP contribution in [0.3, 0.4) is 0 Å². The largest absolute Gasteiger partial charge is 0.399 e. The molecule has 0 unspecified atom stereocenters. The molecule has 0 spiro atoms. The van der Waals surface area contributed by atoms with E-state index in [0.717, 1.165) is 5.69 Å². The van der Waals surface area contributed by atoms with Gasteiger partial charge in [-0.3, -0.25) is 4.79 Å². The first kappa shape index (κ1) is 12.6. The van der Waals surface area contributed by atoms with E-state index in [4.69, 9.17) is 17.3 Å². The Labute approximate surface area is 101 Å². The lowest BCUT2D eigenvalue weighted by Gasteiger charge is -2.22. The fourth-order valence-electron chi connectivity index (χ4n) is 1.26. The van der Waals surface area contributed by atoms with Crippen LogP contribution in [0.2, 0.25) is 5.02 Å². The number of hydrogen-bond acceptors (Lipinski definition) is 3. The quantitative estimate of drug-likeness (QED) is 0.815. The van der Waals surface area contributed by atoms with Crippen molar-refractivity contribution in [1.82, 2.24) is 4.90 Å². The van der Waals surface area contributed by atoms with Gasteiger partial charge in [-0.05, 0) is 18.2 Å². The molecule has 2 N–H and O–H groups in total. The first-order valence-electron chi connectivity index (χ1n) is 4.88. The standard InChI is InChI=1S/C11H16ClN3O/c1-14(2)11(16)7-15(3)10-5-4-8(13)6-9(10)12/h4-6H,7,13H2,1-3H3. The summed E-state index contributed by atoms with van der Waals surface area (Å²) in [7, 11) is 5.26. The van der Waals surface area contributed by atoms with E-state index in [2.05, 4.69) is 0 Å². The van der Waals surface area contributed by atoms with Gasteiger partial charge < -0.3 is 15.5 Å². The number of carbonyl (C=O) groups excluding carboxylic acids is 1. The molecule has 0 radical (unpaired) electrons. The molecule has 88 valence electrons. The summed E-state index contributed by atoms with van der Waals surface area (Å²) in [5.41, 5.74) is 7.01. The van der Waals surface area contributed by atoms with Gasteiger partial charge in [0, 0.05) is 26.8 Å². The Morgan fingerprint density at radius 3 is 2.50 bits per heavy atom. The number of amides is 1. The van der Waals surface area contributed by atoms with Crippen molar-refractivity contribution < 1.29 is 4.79 Å². The molecule has 0 fully saturated rings. The fourth-order valence-corrected chi connectivity index (χ4v) is 1.60. The molecule has 0 aliphatic carbocycles. The highest BCUT2D eigenvalue weighted by Gasteiger charge is 2.11. The molecule has 5 heteroatoms. The lowest BCUT2D eigenvalue weighted by atomic mass is 10.2. The Morgan fingerprint density at radius 1 is 1.38 bits per heavy atom. The zero-order chi connectivity index (χ0) is 12.3. The van der Waals surface area contributed by atoms with Crippen molar-refractivity contribution in [3.63, 3.8) is 0 Å². The molecule has 0 bridgehead atoms.